The van der Waals surface area contributed by atoms with Crippen LogP contribution in [0.25, 0.3) is 0 Å². The molecule has 0 bridgehead atoms. The number of phenols is 1. The highest BCUT2D eigenvalue weighted by Crippen LogP contribution is 2.13. The van der Waals surface area contributed by atoms with E-state index in [0.717, 1.165) is 6.07 Å². The summed E-state index contributed by atoms with van der Waals surface area (Å²) in [6.45, 7) is 0.327. The van der Waals surface area contributed by atoms with Gasteiger partial charge in [-0.15, -0.1) is 0 Å². The molecule has 0 aromatic heterocycles. The number of hydrogen-bond acceptors (Lipinski definition) is 5. The number of phenolic OH excluding ortho intramolecular Hbond substituents is 1. The number of carbonyl (C=O) groups is 2. The lowest BCUT2D eigenvalue weighted by Crippen LogP contribution is -2.32. The molecule has 0 atom stereocenters. The Hall–Kier alpha value is -3.05. The van der Waals surface area contributed by atoms with Gasteiger partial charge in [0.2, 0.25) is 15.9 Å². The van der Waals surface area contributed by atoms with Crippen LogP contribution in [-0.2, 0) is 14.8 Å². The fourth-order valence-corrected chi connectivity index (χ4v) is 3.43. The molecule has 0 heterocycles. The van der Waals surface area contributed by atoms with E-state index < -0.39 is 32.5 Å². The summed E-state index contributed by atoms with van der Waals surface area (Å²) in [7, 11) is -4.07. The van der Waals surface area contributed by atoms with Gasteiger partial charge in [0.25, 0.3) is 5.91 Å². The largest absolute Gasteiger partial charge is 0.508 e. The van der Waals surface area contributed by atoms with Crippen LogP contribution in [0.5, 0.6) is 5.75 Å². The molecule has 0 unspecified atom stereocenters. The summed E-state index contributed by atoms with van der Waals surface area (Å²) < 4.78 is 52.2. The Bertz CT molecular complexity index is 1010. The van der Waals surface area contributed by atoms with Crippen molar-refractivity contribution in [1.82, 2.24) is 15.4 Å². The number of carbonyl (C=O) groups excluding carboxylic acids is 2. The molecule has 2 amide bonds. The molecule has 0 saturated carbocycles. The van der Waals surface area contributed by atoms with Crippen LogP contribution in [0.2, 0.25) is 0 Å². The maximum Gasteiger partial charge on any atom is 0.251 e. The number of benzene rings is 2. The first-order valence-electron chi connectivity index (χ1n) is 8.98. The quantitative estimate of drug-likeness (QED) is 0.414. The van der Waals surface area contributed by atoms with Gasteiger partial charge in [0, 0.05) is 31.6 Å². The van der Waals surface area contributed by atoms with Crippen LogP contribution in [0, 0.1) is 11.6 Å². The normalized spacial score (nSPS) is 11.1. The van der Waals surface area contributed by atoms with Crippen LogP contribution in [0.1, 0.15) is 23.2 Å². The lowest BCUT2D eigenvalue weighted by Gasteiger charge is -2.09. The van der Waals surface area contributed by atoms with Crippen molar-refractivity contribution in [1.29, 1.82) is 0 Å². The third-order valence-corrected chi connectivity index (χ3v) is 5.37. The number of amides is 2. The summed E-state index contributed by atoms with van der Waals surface area (Å²) in [5.74, 6) is -3.24. The minimum atomic E-state index is -4.07. The van der Waals surface area contributed by atoms with E-state index in [1.807, 2.05) is 0 Å². The molecule has 0 saturated heterocycles. The molecule has 0 aliphatic rings. The molecule has 0 aliphatic carbocycles. The van der Waals surface area contributed by atoms with E-state index in [4.69, 9.17) is 0 Å². The molecule has 8 nitrogen and oxygen atoms in total. The lowest BCUT2D eigenvalue weighted by atomic mass is 10.2. The molecule has 0 aliphatic heterocycles. The average Bonchev–Trinajstić information content (AvgIpc) is 2.69. The Kier molecular flexibility index (Phi) is 8.25. The Labute approximate surface area is 172 Å². The van der Waals surface area contributed by atoms with E-state index in [9.17, 15) is 31.9 Å². The smallest absolute Gasteiger partial charge is 0.251 e. The fraction of sp³-hybridized carbons (Fsp3) is 0.263. The van der Waals surface area contributed by atoms with Crippen LogP contribution in [-0.4, -0.2) is 45.0 Å². The van der Waals surface area contributed by atoms with Gasteiger partial charge in [-0.3, -0.25) is 9.59 Å². The van der Waals surface area contributed by atoms with Crippen LogP contribution < -0.4 is 15.4 Å². The van der Waals surface area contributed by atoms with E-state index in [2.05, 4.69) is 15.4 Å². The molecule has 0 radical (unpaired) electrons. The number of halogens is 2. The maximum absolute atomic E-state index is 13.2. The van der Waals surface area contributed by atoms with E-state index in [-0.39, 0.29) is 37.7 Å². The van der Waals surface area contributed by atoms with Crippen molar-refractivity contribution in [2.45, 2.75) is 17.7 Å². The highest BCUT2D eigenvalue weighted by molar-refractivity contribution is 7.89. The van der Waals surface area contributed by atoms with Gasteiger partial charge in [0.05, 0.1) is 4.90 Å². The van der Waals surface area contributed by atoms with Gasteiger partial charge in [-0.25, -0.2) is 21.9 Å². The standard InChI is InChI=1S/C19H21F2N3O5S/c20-16-6-5-15(12-17(16)21)30(28,29)24-10-7-18(26)22-8-2-9-23-19(27)13-3-1-4-14(25)11-13/h1,3-6,11-12,24-25H,2,7-10H2,(H,22,26)(H,23,27). The number of nitrogens with one attached hydrogen (secondary N) is 3. The summed E-state index contributed by atoms with van der Waals surface area (Å²) in [4.78, 5) is 23.2. The minimum absolute atomic E-state index is 0.0184. The average molecular weight is 441 g/mol. The van der Waals surface area contributed by atoms with Crippen LogP contribution in [0.3, 0.4) is 0 Å². The molecule has 2 aromatic carbocycles. The van der Waals surface area contributed by atoms with E-state index in [1.54, 1.807) is 12.1 Å². The highest BCUT2D eigenvalue weighted by atomic mass is 32.2. The van der Waals surface area contributed by atoms with Gasteiger partial charge >= 0.3 is 0 Å². The molecule has 162 valence electrons. The Morgan fingerprint density at radius 3 is 2.37 bits per heavy atom. The molecular formula is C19H21F2N3O5S. The summed E-state index contributed by atoms with van der Waals surface area (Å²) >= 11 is 0. The first-order valence-corrected chi connectivity index (χ1v) is 10.5. The maximum atomic E-state index is 13.2. The fourth-order valence-electron chi connectivity index (χ4n) is 2.38. The molecule has 2 aromatic rings. The van der Waals surface area contributed by atoms with Crippen LogP contribution in [0.4, 0.5) is 8.78 Å². The van der Waals surface area contributed by atoms with Gasteiger partial charge in [0.15, 0.2) is 11.6 Å². The van der Waals surface area contributed by atoms with E-state index in [1.165, 1.54) is 12.1 Å². The predicted molar refractivity (Wildman–Crippen MR) is 104 cm³/mol. The van der Waals surface area contributed by atoms with Crippen molar-refractivity contribution < 1.29 is 31.9 Å². The molecule has 4 N–H and O–H groups in total. The van der Waals surface area contributed by atoms with E-state index >= 15 is 0 Å². The van der Waals surface area contributed by atoms with Gasteiger partial charge in [-0.1, -0.05) is 6.07 Å². The van der Waals surface area contributed by atoms with Gasteiger partial charge < -0.3 is 15.7 Å². The van der Waals surface area contributed by atoms with Crippen molar-refractivity contribution in [3.05, 3.63) is 59.7 Å². The summed E-state index contributed by atoms with van der Waals surface area (Å²) in [5.41, 5.74) is 0.312. The minimum Gasteiger partial charge on any atom is -0.508 e. The topological polar surface area (TPSA) is 125 Å². The Morgan fingerprint density at radius 2 is 1.67 bits per heavy atom. The summed E-state index contributed by atoms with van der Waals surface area (Å²) in [6.07, 6.45) is 0.287. The second-order valence-electron chi connectivity index (χ2n) is 6.23. The van der Waals surface area contributed by atoms with Gasteiger partial charge in [-0.2, -0.15) is 0 Å². The van der Waals surface area contributed by atoms with Crippen molar-refractivity contribution in [2.75, 3.05) is 19.6 Å². The molecule has 2 rings (SSSR count). The number of rotatable bonds is 10. The molecular weight excluding hydrogens is 420 g/mol. The number of sulfonamides is 1. The zero-order valence-electron chi connectivity index (χ0n) is 15.8. The SMILES string of the molecule is O=C(CCNS(=O)(=O)c1ccc(F)c(F)c1)NCCCNC(=O)c1cccc(O)c1. The Balaban J connectivity index is 1.64. The zero-order chi connectivity index (χ0) is 22.1. The highest BCUT2D eigenvalue weighted by Gasteiger charge is 2.16. The predicted octanol–water partition coefficient (Wildman–Crippen LogP) is 1.28. The van der Waals surface area contributed by atoms with Crippen molar-refractivity contribution >= 4 is 21.8 Å². The second-order valence-corrected chi connectivity index (χ2v) is 8.00. The first kappa shape index (κ1) is 23.2. The molecule has 0 fully saturated rings. The molecule has 11 heteroatoms. The molecule has 30 heavy (non-hydrogen) atoms. The van der Waals surface area contributed by atoms with Crippen LogP contribution >= 0.6 is 0 Å². The summed E-state index contributed by atoms with van der Waals surface area (Å²) in [6, 6.07) is 8.07. The van der Waals surface area contributed by atoms with E-state index in [0.29, 0.717) is 24.1 Å². The monoisotopic (exact) mass is 441 g/mol. The third kappa shape index (κ3) is 7.08. The Morgan fingerprint density at radius 1 is 0.933 bits per heavy atom. The number of aromatic hydroxyl groups is 1. The second kappa shape index (κ2) is 10.6. The molecule has 0 spiro atoms. The van der Waals surface area contributed by atoms with Crippen LogP contribution in [0.15, 0.2) is 47.4 Å². The van der Waals surface area contributed by atoms with Crippen molar-refractivity contribution in [3.8, 4) is 5.75 Å². The van der Waals surface area contributed by atoms with Gasteiger partial charge in [-0.05, 0) is 42.8 Å². The summed E-state index contributed by atoms with van der Waals surface area (Å²) in [5, 5.41) is 14.6. The van der Waals surface area contributed by atoms with Crippen molar-refractivity contribution in [2.24, 2.45) is 0 Å². The lowest BCUT2D eigenvalue weighted by molar-refractivity contribution is -0.120. The van der Waals surface area contributed by atoms with Crippen molar-refractivity contribution in [3.63, 3.8) is 0 Å². The third-order valence-electron chi connectivity index (χ3n) is 3.92. The number of hydrogen-bond donors (Lipinski definition) is 4. The first-order chi connectivity index (χ1) is 14.2. The zero-order valence-corrected chi connectivity index (χ0v) is 16.6. The van der Waals surface area contributed by atoms with Gasteiger partial charge in [0.1, 0.15) is 5.75 Å².